The van der Waals surface area contributed by atoms with Crippen LogP contribution in [0, 0.1) is 5.92 Å². The number of carbonyl (C=O) groups excluding carboxylic acids is 1. The molecular weight excluding hydrogens is 367 g/mol. The van der Waals surface area contributed by atoms with Crippen molar-refractivity contribution >= 4 is 13.5 Å². The largest absolute Gasteiger partial charge is 0.448 e. The van der Waals surface area contributed by atoms with Crippen molar-refractivity contribution in [2.45, 2.75) is 31.4 Å². The lowest BCUT2D eigenvalue weighted by Gasteiger charge is -2.28. The van der Waals surface area contributed by atoms with Gasteiger partial charge in [0.2, 0.25) is 13.3 Å². The molecule has 1 saturated carbocycles. The highest BCUT2D eigenvalue weighted by Crippen LogP contribution is 2.73. The van der Waals surface area contributed by atoms with Gasteiger partial charge in [0.1, 0.15) is 24.3 Å². The van der Waals surface area contributed by atoms with Crippen LogP contribution in [0.25, 0.3) is 0 Å². The average Bonchev–Trinajstić information content (AvgIpc) is 3.16. The summed E-state index contributed by atoms with van der Waals surface area (Å²) < 4.78 is 29.9. The van der Waals surface area contributed by atoms with Gasteiger partial charge in [0, 0.05) is 5.92 Å². The number of ether oxygens (including phenoxy) is 1. The van der Waals surface area contributed by atoms with Crippen molar-refractivity contribution in [3.63, 3.8) is 0 Å². The minimum absolute atomic E-state index is 0.00283. The molecule has 1 N–H and O–H groups in total. The lowest BCUT2D eigenvalue weighted by Crippen LogP contribution is -2.39. The summed E-state index contributed by atoms with van der Waals surface area (Å²) in [7, 11) is -3.36. The number of carbonyl (C=O) groups is 1. The average molecular weight is 390 g/mol. The molecule has 1 aliphatic carbocycles. The summed E-state index contributed by atoms with van der Waals surface area (Å²) in [6.07, 6.45) is 4.40. The minimum Gasteiger partial charge on any atom is -0.448 e. The van der Waals surface area contributed by atoms with Crippen molar-refractivity contribution in [1.82, 2.24) is 10.3 Å². The van der Waals surface area contributed by atoms with E-state index in [1.54, 1.807) is 13.0 Å². The predicted molar refractivity (Wildman–Crippen MR) is 100 cm³/mol. The van der Waals surface area contributed by atoms with E-state index in [0.717, 1.165) is 5.56 Å². The Hall–Kier alpha value is -2.37. The molecule has 1 amide bonds. The highest BCUT2D eigenvalue weighted by molar-refractivity contribution is 7.60. The Kier molecular flexibility index (Phi) is 5.82. The number of hydrogen-bond donors (Lipinski definition) is 1. The van der Waals surface area contributed by atoms with E-state index in [2.05, 4.69) is 16.9 Å². The van der Waals surface area contributed by atoms with Gasteiger partial charge in [-0.25, -0.2) is 9.78 Å². The third kappa shape index (κ3) is 4.15. The zero-order valence-electron chi connectivity index (χ0n) is 15.2. The Morgan fingerprint density at radius 2 is 2.26 bits per heavy atom. The van der Waals surface area contributed by atoms with Gasteiger partial charge < -0.3 is 19.0 Å². The zero-order valence-corrected chi connectivity index (χ0v) is 16.1. The molecule has 1 aromatic heterocycles. The van der Waals surface area contributed by atoms with Crippen molar-refractivity contribution in [2.24, 2.45) is 5.92 Å². The molecule has 0 aliphatic heterocycles. The maximum atomic E-state index is 13.7. The van der Waals surface area contributed by atoms with Gasteiger partial charge in [-0.15, -0.1) is 6.58 Å². The maximum Gasteiger partial charge on any atom is 0.408 e. The standard InChI is InChI=1S/C19H23N2O5P/c1-3-16-12-19(16,21-18(22)25-13-15-8-6-5-7-9-15)27(23,26-4-2)14-17-20-10-11-24-17/h3,5-11,16H,1,4,12-14H2,2H3,(H,21,22)/t16-,19+,27?/m1/s1. The molecule has 1 heterocycles. The third-order valence-electron chi connectivity index (χ3n) is 4.57. The SMILES string of the molecule is C=C[C@@H]1C[C@]1(NC(=O)OCc1ccccc1)P(=O)(Cc1ncco1)OCC. The zero-order chi connectivity index (χ0) is 19.3. The summed E-state index contributed by atoms with van der Waals surface area (Å²) in [6.45, 7) is 5.91. The summed E-state index contributed by atoms with van der Waals surface area (Å²) in [5.41, 5.74) is 0.866. The van der Waals surface area contributed by atoms with Gasteiger partial charge in [0.15, 0.2) is 0 Å². The second kappa shape index (κ2) is 8.11. The summed E-state index contributed by atoms with van der Waals surface area (Å²) >= 11 is 0. The van der Waals surface area contributed by atoms with Crippen molar-refractivity contribution in [3.05, 3.63) is 66.9 Å². The number of benzene rings is 1. The molecule has 8 heteroatoms. The summed E-state index contributed by atoms with van der Waals surface area (Å²) in [4.78, 5) is 16.4. The number of hydrogen-bond acceptors (Lipinski definition) is 6. The van der Waals surface area contributed by atoms with Crippen LogP contribution in [-0.4, -0.2) is 23.0 Å². The number of oxazole rings is 1. The molecule has 1 unspecified atom stereocenters. The molecule has 0 spiro atoms. The molecule has 3 rings (SSSR count). The van der Waals surface area contributed by atoms with Crippen LogP contribution in [0.4, 0.5) is 4.79 Å². The lowest BCUT2D eigenvalue weighted by atomic mass is 10.2. The number of alkyl carbamates (subject to hydrolysis) is 1. The smallest absolute Gasteiger partial charge is 0.408 e. The Morgan fingerprint density at radius 1 is 1.48 bits per heavy atom. The van der Waals surface area contributed by atoms with E-state index in [4.69, 9.17) is 13.7 Å². The Bertz CT molecular complexity index is 824. The van der Waals surface area contributed by atoms with E-state index in [1.807, 2.05) is 30.3 Å². The fourth-order valence-electron chi connectivity index (χ4n) is 3.13. The molecule has 1 aromatic carbocycles. The van der Waals surface area contributed by atoms with Crippen LogP contribution in [0.2, 0.25) is 0 Å². The van der Waals surface area contributed by atoms with Gasteiger partial charge in [-0.05, 0) is 18.9 Å². The van der Waals surface area contributed by atoms with Crippen molar-refractivity contribution in [1.29, 1.82) is 0 Å². The Balaban J connectivity index is 1.74. The van der Waals surface area contributed by atoms with E-state index >= 15 is 0 Å². The second-order valence-corrected chi connectivity index (χ2v) is 9.05. The lowest BCUT2D eigenvalue weighted by molar-refractivity contribution is 0.136. The van der Waals surface area contributed by atoms with Crippen molar-refractivity contribution in [3.8, 4) is 0 Å². The first kappa shape index (κ1) is 19.4. The topological polar surface area (TPSA) is 90.7 Å². The Morgan fingerprint density at radius 3 is 2.85 bits per heavy atom. The normalized spacial score (nSPS) is 23.2. The van der Waals surface area contributed by atoms with Gasteiger partial charge in [-0.2, -0.15) is 0 Å². The highest BCUT2D eigenvalue weighted by Gasteiger charge is 2.67. The molecule has 7 nitrogen and oxygen atoms in total. The summed E-state index contributed by atoms with van der Waals surface area (Å²) in [5.74, 6) is 0.134. The monoisotopic (exact) mass is 390 g/mol. The molecule has 2 aromatic rings. The van der Waals surface area contributed by atoms with Crippen LogP contribution in [0.3, 0.4) is 0 Å². The first-order valence-corrected chi connectivity index (χ1v) is 10.6. The fraction of sp³-hybridized carbons (Fsp3) is 0.368. The van der Waals surface area contributed by atoms with Gasteiger partial charge >= 0.3 is 6.09 Å². The molecule has 1 aliphatic rings. The minimum atomic E-state index is -3.36. The van der Waals surface area contributed by atoms with E-state index in [0.29, 0.717) is 12.3 Å². The molecular formula is C19H23N2O5P. The first-order chi connectivity index (χ1) is 13.0. The maximum absolute atomic E-state index is 13.7. The third-order valence-corrected chi connectivity index (χ3v) is 7.78. The molecule has 144 valence electrons. The summed E-state index contributed by atoms with van der Waals surface area (Å²) in [6, 6.07) is 9.35. The van der Waals surface area contributed by atoms with E-state index < -0.39 is 18.7 Å². The van der Waals surface area contributed by atoms with E-state index in [1.165, 1.54) is 12.5 Å². The molecule has 0 bridgehead atoms. The molecule has 0 radical (unpaired) electrons. The number of rotatable bonds is 9. The molecule has 1 fully saturated rings. The van der Waals surface area contributed by atoms with Gasteiger partial charge in [0.25, 0.3) is 0 Å². The van der Waals surface area contributed by atoms with Crippen LogP contribution < -0.4 is 5.32 Å². The quantitative estimate of drug-likeness (QED) is 0.507. The molecule has 3 atom stereocenters. The van der Waals surface area contributed by atoms with Crippen LogP contribution in [0.1, 0.15) is 24.8 Å². The fourth-order valence-corrected chi connectivity index (χ4v) is 6.01. The van der Waals surface area contributed by atoms with E-state index in [9.17, 15) is 9.36 Å². The number of aromatic nitrogens is 1. The predicted octanol–water partition coefficient (Wildman–Crippen LogP) is 4.32. The molecule has 27 heavy (non-hydrogen) atoms. The Labute approximate surface area is 158 Å². The molecule has 0 saturated heterocycles. The van der Waals surface area contributed by atoms with E-state index in [-0.39, 0.29) is 25.3 Å². The van der Waals surface area contributed by atoms with Crippen LogP contribution >= 0.6 is 7.37 Å². The van der Waals surface area contributed by atoms with Gasteiger partial charge in [0.05, 0.1) is 12.8 Å². The summed E-state index contributed by atoms with van der Waals surface area (Å²) in [5, 5.41) is 1.74. The van der Waals surface area contributed by atoms with Crippen molar-refractivity contribution in [2.75, 3.05) is 6.61 Å². The number of nitrogens with one attached hydrogen (secondary N) is 1. The van der Waals surface area contributed by atoms with Gasteiger partial charge in [-0.3, -0.25) is 4.57 Å². The first-order valence-electron chi connectivity index (χ1n) is 8.76. The number of amides is 1. The van der Waals surface area contributed by atoms with Gasteiger partial charge in [-0.1, -0.05) is 36.4 Å². The second-order valence-electron chi connectivity index (χ2n) is 6.33. The highest BCUT2D eigenvalue weighted by atomic mass is 31.2. The number of nitrogens with zero attached hydrogens (tertiary/aromatic N) is 1. The van der Waals surface area contributed by atoms with Crippen LogP contribution in [0.15, 0.2) is 59.9 Å². The van der Waals surface area contributed by atoms with Crippen LogP contribution in [0.5, 0.6) is 0 Å². The van der Waals surface area contributed by atoms with Crippen molar-refractivity contribution < 1.29 is 23.0 Å². The van der Waals surface area contributed by atoms with Crippen LogP contribution in [-0.2, 0) is 26.6 Å².